The van der Waals surface area contributed by atoms with Crippen LogP contribution in [0.1, 0.15) is 21.5 Å². The lowest BCUT2D eigenvalue weighted by atomic mass is 10.1. The number of likely N-dealkylation sites (N-methyl/N-ethyl adjacent to an activating group) is 1. The quantitative estimate of drug-likeness (QED) is 0.943. The molecule has 0 spiro atoms. The predicted octanol–water partition coefficient (Wildman–Crippen LogP) is 2.89. The number of hydrogen-bond acceptors (Lipinski definition) is 2. The summed E-state index contributed by atoms with van der Waals surface area (Å²) in [5.41, 5.74) is 3.23. The molecule has 0 heterocycles. The van der Waals surface area contributed by atoms with Crippen molar-refractivity contribution in [1.82, 2.24) is 4.90 Å². The normalized spacial score (nSPS) is 10.1. The highest BCUT2D eigenvalue weighted by molar-refractivity contribution is 5.99. The van der Waals surface area contributed by atoms with Crippen LogP contribution in [0.2, 0.25) is 0 Å². The van der Waals surface area contributed by atoms with Crippen LogP contribution in [0.15, 0.2) is 48.5 Å². The van der Waals surface area contributed by atoms with Crippen molar-refractivity contribution in [3.8, 4) is 0 Å². The average molecular weight is 295 g/mol. The molecule has 0 aliphatic heterocycles. The fourth-order valence-electron chi connectivity index (χ4n) is 1.99. The number of aryl methyl sites for hydroxylation is 1. The second-order valence-corrected chi connectivity index (χ2v) is 5.27. The van der Waals surface area contributed by atoms with E-state index in [-0.39, 0.29) is 18.4 Å². The first-order chi connectivity index (χ1) is 10.5. The molecule has 0 aliphatic rings. The standard InChI is InChI=1S/C18H19N2O2/c1-13-4-8-15(9-5-13)18(22)20(3)12-17(21)19-16-10-6-14(2)7-11-16/h4-11H,1,12H2,2-3H3,(H,19,21). The largest absolute Gasteiger partial charge is 0.332 e. The van der Waals surface area contributed by atoms with Gasteiger partial charge in [0.25, 0.3) is 5.91 Å². The Morgan fingerprint density at radius 1 is 1.05 bits per heavy atom. The van der Waals surface area contributed by atoms with Crippen LogP contribution < -0.4 is 5.32 Å². The SMILES string of the molecule is [CH2]c1ccc(C(=O)N(C)CC(=O)Nc2ccc(C)cc2)cc1. The first-order valence-corrected chi connectivity index (χ1v) is 7.00. The molecule has 0 bridgehead atoms. The number of nitrogens with zero attached hydrogens (tertiary/aromatic N) is 1. The maximum Gasteiger partial charge on any atom is 0.254 e. The zero-order valence-corrected chi connectivity index (χ0v) is 12.8. The molecule has 0 aromatic heterocycles. The zero-order valence-electron chi connectivity index (χ0n) is 12.8. The van der Waals surface area contributed by atoms with E-state index < -0.39 is 0 Å². The summed E-state index contributed by atoms with van der Waals surface area (Å²) >= 11 is 0. The lowest BCUT2D eigenvalue weighted by Crippen LogP contribution is -2.34. The third-order valence-electron chi connectivity index (χ3n) is 3.26. The van der Waals surface area contributed by atoms with Crippen molar-refractivity contribution in [3.63, 3.8) is 0 Å². The number of amides is 2. The van der Waals surface area contributed by atoms with E-state index in [1.165, 1.54) is 4.90 Å². The van der Waals surface area contributed by atoms with Gasteiger partial charge in [-0.3, -0.25) is 9.59 Å². The first kappa shape index (κ1) is 15.8. The molecule has 1 radical (unpaired) electrons. The topological polar surface area (TPSA) is 49.4 Å². The molecule has 0 saturated carbocycles. The second kappa shape index (κ2) is 6.89. The molecule has 0 saturated heterocycles. The molecule has 0 unspecified atom stereocenters. The van der Waals surface area contributed by atoms with Gasteiger partial charge in [0.05, 0.1) is 6.54 Å². The number of benzene rings is 2. The molecule has 2 aromatic carbocycles. The third-order valence-corrected chi connectivity index (χ3v) is 3.26. The summed E-state index contributed by atoms with van der Waals surface area (Å²) in [5, 5.41) is 2.77. The number of anilines is 1. The van der Waals surface area contributed by atoms with Crippen LogP contribution >= 0.6 is 0 Å². The summed E-state index contributed by atoms with van der Waals surface area (Å²) in [6.07, 6.45) is 0. The van der Waals surface area contributed by atoms with Crippen LogP contribution in [-0.4, -0.2) is 30.3 Å². The van der Waals surface area contributed by atoms with Gasteiger partial charge in [-0.15, -0.1) is 0 Å². The van der Waals surface area contributed by atoms with Crippen molar-refractivity contribution in [3.05, 3.63) is 72.1 Å². The Balaban J connectivity index is 1.94. The van der Waals surface area contributed by atoms with E-state index in [0.717, 1.165) is 16.8 Å². The van der Waals surface area contributed by atoms with Gasteiger partial charge in [-0.25, -0.2) is 0 Å². The van der Waals surface area contributed by atoms with Crippen molar-refractivity contribution in [1.29, 1.82) is 0 Å². The molecular formula is C18H19N2O2. The van der Waals surface area contributed by atoms with Crippen LogP contribution in [0.4, 0.5) is 5.69 Å². The van der Waals surface area contributed by atoms with Gasteiger partial charge in [-0.1, -0.05) is 29.8 Å². The van der Waals surface area contributed by atoms with Gasteiger partial charge in [-0.05, 0) is 43.7 Å². The van der Waals surface area contributed by atoms with Crippen LogP contribution in [0.5, 0.6) is 0 Å². The number of carbonyl (C=O) groups is 2. The molecular weight excluding hydrogens is 276 g/mol. The Hall–Kier alpha value is -2.62. The fourth-order valence-corrected chi connectivity index (χ4v) is 1.99. The lowest BCUT2D eigenvalue weighted by Gasteiger charge is -2.17. The van der Waals surface area contributed by atoms with E-state index in [0.29, 0.717) is 5.56 Å². The summed E-state index contributed by atoms with van der Waals surface area (Å²) in [7, 11) is 1.61. The van der Waals surface area contributed by atoms with Crippen molar-refractivity contribution >= 4 is 17.5 Å². The second-order valence-electron chi connectivity index (χ2n) is 5.27. The highest BCUT2D eigenvalue weighted by Crippen LogP contribution is 2.09. The van der Waals surface area contributed by atoms with E-state index in [2.05, 4.69) is 12.2 Å². The minimum Gasteiger partial charge on any atom is -0.332 e. The molecule has 1 N–H and O–H groups in total. The van der Waals surface area contributed by atoms with E-state index >= 15 is 0 Å². The summed E-state index contributed by atoms with van der Waals surface area (Å²) in [4.78, 5) is 25.6. The maximum atomic E-state index is 12.2. The average Bonchev–Trinajstić information content (AvgIpc) is 2.49. The van der Waals surface area contributed by atoms with Gasteiger partial charge < -0.3 is 10.2 Å². The van der Waals surface area contributed by atoms with E-state index in [1.54, 1.807) is 31.3 Å². The minimum absolute atomic E-state index is 0.00115. The van der Waals surface area contributed by atoms with Crippen LogP contribution in [-0.2, 0) is 4.79 Å². The highest BCUT2D eigenvalue weighted by atomic mass is 16.2. The maximum absolute atomic E-state index is 12.2. The zero-order chi connectivity index (χ0) is 16.1. The summed E-state index contributed by atoms with van der Waals surface area (Å²) in [5.74, 6) is -0.424. The van der Waals surface area contributed by atoms with Crippen LogP contribution in [0, 0.1) is 13.8 Å². The smallest absolute Gasteiger partial charge is 0.254 e. The van der Waals surface area contributed by atoms with E-state index in [1.807, 2.05) is 31.2 Å². The third kappa shape index (κ3) is 4.19. The molecule has 113 valence electrons. The fraction of sp³-hybridized carbons (Fsp3) is 0.167. The van der Waals surface area contributed by atoms with Gasteiger partial charge in [0.2, 0.25) is 5.91 Å². The van der Waals surface area contributed by atoms with Crippen LogP contribution in [0.3, 0.4) is 0 Å². The van der Waals surface area contributed by atoms with E-state index in [4.69, 9.17) is 0 Å². The Morgan fingerprint density at radius 3 is 2.23 bits per heavy atom. The molecule has 0 fully saturated rings. The number of carbonyl (C=O) groups excluding carboxylic acids is 2. The Labute approximate surface area is 130 Å². The van der Waals surface area contributed by atoms with Gasteiger partial charge >= 0.3 is 0 Å². The summed E-state index contributed by atoms with van der Waals surface area (Å²) in [6, 6.07) is 14.5. The summed E-state index contributed by atoms with van der Waals surface area (Å²) in [6.45, 7) is 5.76. The van der Waals surface area contributed by atoms with Gasteiger partial charge in [0.15, 0.2) is 0 Å². The Morgan fingerprint density at radius 2 is 1.64 bits per heavy atom. The predicted molar refractivity (Wildman–Crippen MR) is 87.7 cm³/mol. The van der Waals surface area contributed by atoms with Gasteiger partial charge in [0.1, 0.15) is 0 Å². The number of nitrogens with one attached hydrogen (secondary N) is 1. The van der Waals surface area contributed by atoms with Crippen molar-refractivity contribution in [2.24, 2.45) is 0 Å². The molecule has 0 aliphatic carbocycles. The number of rotatable bonds is 4. The molecule has 4 heteroatoms. The molecule has 2 aromatic rings. The highest BCUT2D eigenvalue weighted by Gasteiger charge is 2.14. The monoisotopic (exact) mass is 295 g/mol. The van der Waals surface area contributed by atoms with Gasteiger partial charge in [-0.2, -0.15) is 0 Å². The molecule has 0 atom stereocenters. The Kier molecular flexibility index (Phi) is 4.94. The lowest BCUT2D eigenvalue weighted by molar-refractivity contribution is -0.116. The molecule has 22 heavy (non-hydrogen) atoms. The molecule has 2 rings (SSSR count). The minimum atomic E-state index is -0.228. The number of hydrogen-bond donors (Lipinski definition) is 1. The van der Waals surface area contributed by atoms with Crippen molar-refractivity contribution in [2.45, 2.75) is 6.92 Å². The van der Waals surface area contributed by atoms with Crippen molar-refractivity contribution < 1.29 is 9.59 Å². The van der Waals surface area contributed by atoms with Crippen LogP contribution in [0.25, 0.3) is 0 Å². The molecule has 4 nitrogen and oxygen atoms in total. The first-order valence-electron chi connectivity index (χ1n) is 7.00. The van der Waals surface area contributed by atoms with Crippen molar-refractivity contribution in [2.75, 3.05) is 18.9 Å². The van der Waals surface area contributed by atoms with Gasteiger partial charge in [0, 0.05) is 18.3 Å². The molecule has 2 amide bonds. The van der Waals surface area contributed by atoms with E-state index in [9.17, 15) is 9.59 Å². The summed E-state index contributed by atoms with van der Waals surface area (Å²) < 4.78 is 0. The Bertz CT molecular complexity index is 660.